The lowest BCUT2D eigenvalue weighted by Gasteiger charge is -2.30. The summed E-state index contributed by atoms with van der Waals surface area (Å²) < 4.78 is 21.7. The van der Waals surface area contributed by atoms with E-state index >= 15 is 0 Å². The number of carbonyl (C=O) groups excluding carboxylic acids is 13. The zero-order chi connectivity index (χ0) is 90.2. The second-order valence-electron chi connectivity index (χ2n) is 30.7. The summed E-state index contributed by atoms with van der Waals surface area (Å²) in [5.41, 5.74) is 38.2. The third kappa shape index (κ3) is 23.7. The summed E-state index contributed by atoms with van der Waals surface area (Å²) in [5.74, 6) is -7.31. The number of ether oxygens (including phenoxy) is 4. The van der Waals surface area contributed by atoms with Crippen LogP contribution >= 0.6 is 0 Å². The van der Waals surface area contributed by atoms with Crippen LogP contribution in [0.1, 0.15) is 162 Å². The number of nitrogens with two attached hydrogens (primary N) is 5. The summed E-state index contributed by atoms with van der Waals surface area (Å²) >= 11 is 0. The predicted octanol–water partition coefficient (Wildman–Crippen LogP) is 3.42. The van der Waals surface area contributed by atoms with Crippen molar-refractivity contribution in [1.29, 1.82) is 0 Å². The predicted molar refractivity (Wildman–Crippen MR) is 460 cm³/mol. The monoisotopic (exact) mass is 1740 g/mol. The van der Waals surface area contributed by atoms with Gasteiger partial charge in [-0.25, -0.2) is 24.7 Å². The molecule has 14 rings (SSSR count). The fraction of sp³-hybridized carbons (Fsp3) is 0.371. The highest BCUT2D eigenvalue weighted by Crippen LogP contribution is 2.37. The topological polar surface area (TPSA) is 565 Å². The third-order valence-corrected chi connectivity index (χ3v) is 21.9. The van der Waals surface area contributed by atoms with Crippen molar-refractivity contribution in [1.82, 2.24) is 61.0 Å². The number of aliphatic carboxylic acids is 1. The highest BCUT2D eigenvalue weighted by atomic mass is 16.5. The average Bonchev–Trinajstić information content (AvgIpc) is 1.61. The molecule has 4 atom stereocenters. The van der Waals surface area contributed by atoms with Crippen LogP contribution in [-0.4, -0.2) is 237 Å². The number of anilines is 4. The molecule has 127 heavy (non-hydrogen) atoms. The number of benzene rings is 4. The molecule has 38 heteroatoms. The van der Waals surface area contributed by atoms with Gasteiger partial charge in [-0.3, -0.25) is 92.7 Å². The molecule has 0 radical (unpaired) electrons. The second kappa shape index (κ2) is 44.0. The number of nitrogen functional groups attached to an aromatic ring is 2. The molecule has 10 amide bonds. The Balaban J connectivity index is 0.000000194. The van der Waals surface area contributed by atoms with Gasteiger partial charge >= 0.3 is 5.97 Å². The van der Waals surface area contributed by atoms with E-state index in [0.29, 0.717) is 102 Å². The maximum atomic E-state index is 13.5. The zero-order valence-corrected chi connectivity index (χ0v) is 69.7. The molecule has 8 aromatic rings. The van der Waals surface area contributed by atoms with E-state index in [-0.39, 0.29) is 137 Å². The van der Waals surface area contributed by atoms with Gasteiger partial charge in [0.15, 0.2) is 35.6 Å². The highest BCUT2D eigenvalue weighted by molar-refractivity contribution is 6.26. The molecule has 15 N–H and O–H groups in total. The number of Topliss-reactive ketones (excluding diaryl/α,β-unsaturated/α-hetero) is 3. The number of hydrogen-bond donors (Lipinski definition) is 10. The van der Waals surface area contributed by atoms with Gasteiger partial charge in [0.1, 0.15) is 41.6 Å². The van der Waals surface area contributed by atoms with Crippen LogP contribution in [0, 0.1) is 0 Å². The van der Waals surface area contributed by atoms with Crippen molar-refractivity contribution in [3.8, 4) is 34.0 Å². The van der Waals surface area contributed by atoms with Crippen LogP contribution in [0.5, 0.6) is 11.5 Å². The summed E-state index contributed by atoms with van der Waals surface area (Å²) in [7, 11) is 0. The number of morpholine rings is 2. The number of carbonyl (C=O) groups is 14. The molecule has 38 nitrogen and oxygen atoms in total. The summed E-state index contributed by atoms with van der Waals surface area (Å²) in [5, 5.41) is 18.7. The first-order chi connectivity index (χ1) is 61.3. The fourth-order valence-corrected chi connectivity index (χ4v) is 15.2. The van der Waals surface area contributed by atoms with Crippen LogP contribution in [0.2, 0.25) is 0 Å². The third-order valence-electron chi connectivity index (χ3n) is 21.9. The molecule has 0 aliphatic carbocycles. The number of amides is 10. The van der Waals surface area contributed by atoms with Crippen molar-refractivity contribution < 1.29 is 91.2 Å². The molecule has 0 bridgehead atoms. The van der Waals surface area contributed by atoms with Crippen molar-refractivity contribution in [3.05, 3.63) is 190 Å². The van der Waals surface area contributed by atoms with Gasteiger partial charge < -0.3 is 73.2 Å². The summed E-state index contributed by atoms with van der Waals surface area (Å²) in [4.78, 5) is 206. The van der Waals surface area contributed by atoms with Gasteiger partial charge in [0, 0.05) is 130 Å². The number of aromatic nitrogens is 6. The van der Waals surface area contributed by atoms with E-state index < -0.39 is 84.0 Å². The van der Waals surface area contributed by atoms with Gasteiger partial charge in [0.05, 0.1) is 84.5 Å². The van der Waals surface area contributed by atoms with Crippen LogP contribution in [0.25, 0.3) is 22.5 Å². The Morgan fingerprint density at radius 1 is 0.520 bits per heavy atom. The standard InChI is InChI=1S/C45H49N9O9.C29H38N8O3.C15H12N2O7/c46-32(7-3-1-2-5-30(55)26-63-37-8-4-6-31-39(37)45(61)54(44(31)60)35-13-14-38(57)52-43(35)59)42(58)49-18-15-27-9-11-28(12-10-27)33-25-50-41(47)40(51-33)36(56)23-29-24-48-17-16-34(29)53-19-21-62-22-20-53;30-10-2-1-3-23(31)29(39)34-12-8-20-4-6-21(7-5-20)24-19-35-28(32)27(36-24)26(38)17-22-18-33-11-9-25(22)37-13-15-40-16-14-37;18-10-5-4-8(13(21)16-10)17-14(22)7-2-1-3-9(12(7)15(17)23)24-6-11(19)20/h4,6,8-12,16-17,24-25,32,35H,1-3,5,7,13-15,18-23,26,46H2,(H2,47,50)(H,49,58)(H,52,57,59);4-7,9,11,18-19,23H,1-3,8,10,12-17,30-31H2,(H2,32,35)(H,34,39);1-3,8H,4-6H2,(H,19,20)(H,16,18,21)/t32-,35?;23-;/m00./s1. The molecule has 10 heterocycles. The van der Waals surface area contributed by atoms with Crippen LogP contribution < -0.4 is 69.2 Å². The first-order valence-corrected chi connectivity index (χ1v) is 41.8. The van der Waals surface area contributed by atoms with Crippen molar-refractivity contribution >= 4 is 105 Å². The number of carboxylic acids is 1. The van der Waals surface area contributed by atoms with Crippen molar-refractivity contribution in [2.45, 2.75) is 127 Å². The Morgan fingerprint density at radius 3 is 1.36 bits per heavy atom. The van der Waals surface area contributed by atoms with E-state index in [0.717, 1.165) is 93.6 Å². The zero-order valence-electron chi connectivity index (χ0n) is 69.7. The molecule has 6 aliphatic heterocycles. The molecule has 4 fully saturated rings. The van der Waals surface area contributed by atoms with Crippen LogP contribution in [0.4, 0.5) is 23.0 Å². The number of pyridine rings is 2. The number of rotatable bonds is 36. The van der Waals surface area contributed by atoms with Gasteiger partial charge in [0.2, 0.25) is 35.4 Å². The Kier molecular flexibility index (Phi) is 31.9. The minimum Gasteiger partial charge on any atom is -0.485 e. The minimum absolute atomic E-state index is 0.00309. The van der Waals surface area contributed by atoms with E-state index in [2.05, 4.69) is 61.0 Å². The Bertz CT molecular complexity index is 5450. The lowest BCUT2D eigenvalue weighted by molar-refractivity contribution is -0.139. The SMILES string of the molecule is NCCCC[C@H](N)C(=O)NCCc1ccc(-c2cnc(N)c(C(=O)Cc3cnccc3N3CCOCC3)n2)cc1.Nc1ncc(-c2ccc(CCNC(=O)[C@@H](N)CCCCCC(=O)COc3cccc4c3C(=O)N(C3CCC(=O)NC3=O)C4=O)cc2)nc1C(=O)Cc1cnccc1N1CCOCC1.O=C(O)COc1cccc2c1C(=O)N(C1CCC(=O)NC1=O)C2=O. The van der Waals surface area contributed by atoms with Crippen LogP contribution in [-0.2, 0) is 73.5 Å². The van der Waals surface area contributed by atoms with Crippen molar-refractivity contribution in [2.24, 2.45) is 17.2 Å². The highest BCUT2D eigenvalue weighted by Gasteiger charge is 2.48. The number of imide groups is 4. The molecule has 4 saturated heterocycles. The Morgan fingerprint density at radius 2 is 0.945 bits per heavy atom. The van der Waals surface area contributed by atoms with Crippen LogP contribution in [0.3, 0.4) is 0 Å². The van der Waals surface area contributed by atoms with Gasteiger partial charge in [-0.2, -0.15) is 0 Å². The number of hydrogen-bond acceptors (Lipinski definition) is 31. The molecule has 2 unspecified atom stereocenters. The maximum absolute atomic E-state index is 13.5. The summed E-state index contributed by atoms with van der Waals surface area (Å²) in [6, 6.07) is 24.5. The number of fused-ring (bicyclic) bond motifs is 2. The van der Waals surface area contributed by atoms with Gasteiger partial charge in [-0.1, -0.05) is 79.9 Å². The number of unbranched alkanes of at least 4 members (excludes halogenated alkanes) is 3. The number of nitrogens with zero attached hydrogens (tertiary/aromatic N) is 10. The lowest BCUT2D eigenvalue weighted by Crippen LogP contribution is -2.54. The average molecular weight is 1740 g/mol. The van der Waals surface area contributed by atoms with E-state index in [1.807, 2.05) is 60.7 Å². The molecule has 4 aromatic heterocycles. The molecule has 0 saturated carbocycles. The van der Waals surface area contributed by atoms with Gasteiger partial charge in [-0.15, -0.1) is 0 Å². The van der Waals surface area contributed by atoms with E-state index in [1.54, 1.807) is 31.0 Å². The first-order valence-electron chi connectivity index (χ1n) is 41.8. The summed E-state index contributed by atoms with van der Waals surface area (Å²) in [6.07, 6.45) is 16.2. The molecule has 664 valence electrons. The van der Waals surface area contributed by atoms with E-state index in [9.17, 15) is 67.1 Å². The van der Waals surface area contributed by atoms with E-state index in [1.165, 1.54) is 42.6 Å². The number of piperidine rings is 2. The molecule has 4 aromatic carbocycles. The largest absolute Gasteiger partial charge is 0.485 e. The second-order valence-corrected chi connectivity index (χ2v) is 30.7. The number of nitrogens with one attached hydrogen (secondary N) is 4. The van der Waals surface area contributed by atoms with Crippen molar-refractivity contribution in [3.63, 3.8) is 0 Å². The molecular weight excluding hydrogens is 1640 g/mol. The van der Waals surface area contributed by atoms with Gasteiger partial charge in [0.25, 0.3) is 23.6 Å². The van der Waals surface area contributed by atoms with Crippen LogP contribution in [0.15, 0.2) is 134 Å². The maximum Gasteiger partial charge on any atom is 0.341 e. The first kappa shape index (κ1) is 92.1. The van der Waals surface area contributed by atoms with E-state index in [4.69, 9.17) is 52.7 Å². The number of ketones is 3. The smallest absolute Gasteiger partial charge is 0.341 e. The quantitative estimate of drug-likeness (QED) is 0.0153. The van der Waals surface area contributed by atoms with Crippen molar-refractivity contribution in [2.75, 3.05) is 107 Å². The minimum atomic E-state index is -1.23. The molecule has 0 spiro atoms. The number of carboxylic acid groups (broad SMARTS) is 1. The van der Waals surface area contributed by atoms with Gasteiger partial charge in [-0.05, 0) is 105 Å². The Labute approximate surface area is 729 Å². The molecule has 6 aliphatic rings. The lowest BCUT2D eigenvalue weighted by atomic mass is 10.0. The molecular formula is C89H99N19O19. The fourth-order valence-electron chi connectivity index (χ4n) is 15.2. The Hall–Kier alpha value is -14.1. The summed E-state index contributed by atoms with van der Waals surface area (Å²) in [6.45, 7) is 5.97. The normalized spacial score (nSPS) is 16.5.